The minimum Gasteiger partial charge on any atom is -0.504 e. The SMILES string of the molecule is CCCOc1ccc(C(=O)[C@H]2COC[C@@H]2C(=O)c2ccc(O)c(OC)c2)cc1. The van der Waals surface area contributed by atoms with Crippen molar-refractivity contribution < 1.29 is 28.9 Å². The van der Waals surface area contributed by atoms with Crippen molar-refractivity contribution in [2.24, 2.45) is 11.8 Å². The molecule has 0 aromatic heterocycles. The summed E-state index contributed by atoms with van der Waals surface area (Å²) in [6, 6.07) is 11.4. The van der Waals surface area contributed by atoms with Crippen LogP contribution in [0.4, 0.5) is 0 Å². The van der Waals surface area contributed by atoms with Crippen molar-refractivity contribution >= 4 is 11.6 Å². The summed E-state index contributed by atoms with van der Waals surface area (Å²) in [5.74, 6) is -0.548. The Kier molecular flexibility index (Phi) is 6.31. The van der Waals surface area contributed by atoms with Gasteiger partial charge in [0, 0.05) is 11.1 Å². The molecule has 3 rings (SSSR count). The van der Waals surface area contributed by atoms with Gasteiger partial charge in [-0.1, -0.05) is 6.92 Å². The third-order valence-electron chi connectivity index (χ3n) is 4.83. The summed E-state index contributed by atoms with van der Waals surface area (Å²) >= 11 is 0. The minimum absolute atomic E-state index is 0.0419. The zero-order valence-corrected chi connectivity index (χ0v) is 16.0. The van der Waals surface area contributed by atoms with Crippen LogP contribution < -0.4 is 9.47 Å². The Morgan fingerprint density at radius 2 is 1.64 bits per heavy atom. The Morgan fingerprint density at radius 3 is 2.25 bits per heavy atom. The maximum absolute atomic E-state index is 13.0. The molecule has 6 nitrogen and oxygen atoms in total. The second kappa shape index (κ2) is 8.89. The zero-order chi connectivity index (χ0) is 20.1. The van der Waals surface area contributed by atoms with Crippen molar-refractivity contribution in [3.63, 3.8) is 0 Å². The quantitative estimate of drug-likeness (QED) is 0.702. The Hall–Kier alpha value is -2.86. The van der Waals surface area contributed by atoms with Crippen LogP contribution in [0.3, 0.4) is 0 Å². The first kappa shape index (κ1) is 19.9. The van der Waals surface area contributed by atoms with Crippen molar-refractivity contribution in [3.05, 3.63) is 53.6 Å². The van der Waals surface area contributed by atoms with Gasteiger partial charge in [0.1, 0.15) is 5.75 Å². The molecule has 0 bridgehead atoms. The highest BCUT2D eigenvalue weighted by Gasteiger charge is 2.39. The van der Waals surface area contributed by atoms with E-state index in [1.807, 2.05) is 6.92 Å². The van der Waals surface area contributed by atoms with E-state index in [2.05, 4.69) is 0 Å². The lowest BCUT2D eigenvalue weighted by molar-refractivity contribution is 0.0809. The number of benzene rings is 2. The Labute approximate surface area is 164 Å². The fourth-order valence-electron chi connectivity index (χ4n) is 3.27. The largest absolute Gasteiger partial charge is 0.504 e. The number of aromatic hydroxyl groups is 1. The predicted molar refractivity (Wildman–Crippen MR) is 103 cm³/mol. The molecule has 0 radical (unpaired) electrons. The van der Waals surface area contributed by atoms with Crippen molar-refractivity contribution in [3.8, 4) is 17.2 Å². The Bertz CT molecular complexity index is 843. The van der Waals surface area contributed by atoms with Gasteiger partial charge >= 0.3 is 0 Å². The average Bonchev–Trinajstić information content (AvgIpc) is 3.21. The summed E-state index contributed by atoms with van der Waals surface area (Å²) in [7, 11) is 1.42. The lowest BCUT2D eigenvalue weighted by atomic mass is 9.83. The summed E-state index contributed by atoms with van der Waals surface area (Å²) in [4.78, 5) is 25.9. The van der Waals surface area contributed by atoms with E-state index in [4.69, 9.17) is 14.2 Å². The predicted octanol–water partition coefficient (Wildman–Crippen LogP) is 3.52. The first-order valence-corrected chi connectivity index (χ1v) is 9.31. The van der Waals surface area contributed by atoms with E-state index in [1.54, 1.807) is 24.3 Å². The molecular weight excluding hydrogens is 360 g/mol. The third-order valence-corrected chi connectivity index (χ3v) is 4.83. The van der Waals surface area contributed by atoms with Crippen molar-refractivity contribution in [1.82, 2.24) is 0 Å². The number of rotatable bonds is 8. The molecule has 28 heavy (non-hydrogen) atoms. The molecule has 0 saturated carbocycles. The van der Waals surface area contributed by atoms with Gasteiger partial charge in [-0.25, -0.2) is 0 Å². The standard InChI is InChI=1S/C22H24O6/c1-3-10-28-16-7-4-14(5-8-16)21(24)17-12-27-13-18(17)22(25)15-6-9-19(23)20(11-15)26-2/h4-9,11,17-18,23H,3,10,12-13H2,1-2H3/t17-,18-/m0/s1. The minimum atomic E-state index is -0.572. The first-order chi connectivity index (χ1) is 13.5. The molecule has 2 atom stereocenters. The van der Waals surface area contributed by atoms with E-state index in [0.29, 0.717) is 23.5 Å². The molecule has 2 aromatic rings. The lowest BCUT2D eigenvalue weighted by Gasteiger charge is -2.16. The van der Waals surface area contributed by atoms with Crippen molar-refractivity contribution in [1.29, 1.82) is 0 Å². The summed E-state index contributed by atoms with van der Waals surface area (Å²) in [6.07, 6.45) is 0.909. The summed E-state index contributed by atoms with van der Waals surface area (Å²) < 4.78 is 16.1. The Morgan fingerprint density at radius 1 is 1.04 bits per heavy atom. The van der Waals surface area contributed by atoms with Crippen molar-refractivity contribution in [2.45, 2.75) is 13.3 Å². The molecule has 2 aromatic carbocycles. The smallest absolute Gasteiger partial charge is 0.169 e. The Balaban J connectivity index is 1.76. The molecule has 1 aliphatic heterocycles. The molecule has 0 amide bonds. The number of phenols is 1. The van der Waals surface area contributed by atoms with Crippen LogP contribution in [0.2, 0.25) is 0 Å². The van der Waals surface area contributed by atoms with Crippen LogP contribution >= 0.6 is 0 Å². The molecule has 0 aliphatic carbocycles. The van der Waals surface area contributed by atoms with Crippen LogP contribution in [-0.2, 0) is 4.74 Å². The van der Waals surface area contributed by atoms with E-state index in [1.165, 1.54) is 25.3 Å². The van der Waals surface area contributed by atoms with Gasteiger partial charge in [0.15, 0.2) is 23.1 Å². The van der Waals surface area contributed by atoms with Gasteiger partial charge in [-0.05, 0) is 48.9 Å². The zero-order valence-electron chi connectivity index (χ0n) is 16.0. The number of hydrogen-bond acceptors (Lipinski definition) is 6. The number of ether oxygens (including phenoxy) is 3. The van der Waals surface area contributed by atoms with Crippen LogP contribution in [-0.4, -0.2) is 43.6 Å². The van der Waals surface area contributed by atoms with Crippen LogP contribution in [0.1, 0.15) is 34.1 Å². The number of carbonyl (C=O) groups excluding carboxylic acids is 2. The highest BCUT2D eigenvalue weighted by atomic mass is 16.5. The normalized spacial score (nSPS) is 18.6. The maximum atomic E-state index is 13.0. The van der Waals surface area contributed by atoms with Crippen LogP contribution in [0.5, 0.6) is 17.2 Å². The van der Waals surface area contributed by atoms with Crippen LogP contribution in [0.15, 0.2) is 42.5 Å². The monoisotopic (exact) mass is 384 g/mol. The molecule has 1 heterocycles. The average molecular weight is 384 g/mol. The van der Waals surface area contributed by atoms with Gasteiger partial charge in [-0.2, -0.15) is 0 Å². The van der Waals surface area contributed by atoms with E-state index < -0.39 is 11.8 Å². The van der Waals surface area contributed by atoms with Crippen LogP contribution in [0, 0.1) is 11.8 Å². The molecule has 1 fully saturated rings. The molecule has 0 unspecified atom stereocenters. The lowest BCUT2D eigenvalue weighted by Crippen LogP contribution is -2.29. The number of methoxy groups -OCH3 is 1. The molecule has 1 aliphatic rings. The molecule has 1 saturated heterocycles. The highest BCUT2D eigenvalue weighted by Crippen LogP contribution is 2.32. The van der Waals surface area contributed by atoms with Gasteiger partial charge in [0.05, 0.1) is 38.8 Å². The topological polar surface area (TPSA) is 82.1 Å². The van der Waals surface area contributed by atoms with Crippen molar-refractivity contribution in [2.75, 3.05) is 26.9 Å². The summed E-state index contributed by atoms with van der Waals surface area (Å²) in [5.41, 5.74) is 0.909. The second-order valence-electron chi connectivity index (χ2n) is 6.74. The number of Topliss-reactive ketones (excluding diaryl/α,β-unsaturated/α-hetero) is 2. The summed E-state index contributed by atoms with van der Waals surface area (Å²) in [6.45, 7) is 3.05. The fraction of sp³-hybridized carbons (Fsp3) is 0.364. The van der Waals surface area contributed by atoms with Gasteiger partial charge < -0.3 is 19.3 Å². The third kappa shape index (κ3) is 4.17. The van der Waals surface area contributed by atoms with Gasteiger partial charge in [-0.3, -0.25) is 9.59 Å². The number of carbonyl (C=O) groups is 2. The fourth-order valence-corrected chi connectivity index (χ4v) is 3.27. The highest BCUT2D eigenvalue weighted by molar-refractivity contribution is 6.05. The molecular formula is C22H24O6. The molecule has 148 valence electrons. The van der Waals surface area contributed by atoms with Gasteiger partial charge in [-0.15, -0.1) is 0 Å². The van der Waals surface area contributed by atoms with Crippen LogP contribution in [0.25, 0.3) is 0 Å². The number of ketones is 2. The van der Waals surface area contributed by atoms with E-state index in [0.717, 1.165) is 6.42 Å². The van der Waals surface area contributed by atoms with Gasteiger partial charge in [0.25, 0.3) is 0 Å². The number of hydrogen-bond donors (Lipinski definition) is 1. The van der Waals surface area contributed by atoms with E-state index in [-0.39, 0.29) is 36.3 Å². The molecule has 6 heteroatoms. The molecule has 0 spiro atoms. The second-order valence-corrected chi connectivity index (χ2v) is 6.74. The number of phenolic OH excluding ortho intramolecular Hbond substituents is 1. The van der Waals surface area contributed by atoms with E-state index >= 15 is 0 Å². The molecule has 1 N–H and O–H groups in total. The summed E-state index contributed by atoms with van der Waals surface area (Å²) in [5, 5.41) is 9.72. The van der Waals surface area contributed by atoms with E-state index in [9.17, 15) is 14.7 Å². The van der Waals surface area contributed by atoms with Gasteiger partial charge in [0.2, 0.25) is 0 Å². The maximum Gasteiger partial charge on any atom is 0.169 e. The first-order valence-electron chi connectivity index (χ1n) is 9.31.